The Morgan fingerprint density at radius 2 is 1.65 bits per heavy atom. The molecule has 3 heterocycles. The van der Waals surface area contributed by atoms with Gasteiger partial charge in [-0.25, -0.2) is 8.42 Å². The van der Waals surface area contributed by atoms with Gasteiger partial charge in [-0.15, -0.1) is 10.2 Å². The van der Waals surface area contributed by atoms with Crippen LogP contribution in [-0.4, -0.2) is 36.7 Å². The molecular weight excluding hydrogens is 446 g/mol. The molecule has 5 rings (SSSR count). The summed E-state index contributed by atoms with van der Waals surface area (Å²) in [5, 5.41) is 9.65. The maximum atomic E-state index is 13.2. The molecule has 1 saturated heterocycles. The first-order valence-corrected chi connectivity index (χ1v) is 13.1. The number of anilines is 2. The number of aryl methyl sites for hydroxylation is 1. The van der Waals surface area contributed by atoms with Gasteiger partial charge in [-0.05, 0) is 56.2 Å². The summed E-state index contributed by atoms with van der Waals surface area (Å²) in [4.78, 5) is 6.90. The zero-order chi connectivity index (χ0) is 23.5. The number of aromatic nitrogens is 3. The summed E-state index contributed by atoms with van der Waals surface area (Å²) in [6.45, 7) is 3.86. The van der Waals surface area contributed by atoms with E-state index in [0.717, 1.165) is 35.6 Å². The van der Waals surface area contributed by atoms with E-state index < -0.39 is 10.0 Å². The quantitative estimate of drug-likeness (QED) is 0.430. The Balaban J connectivity index is 1.40. The molecule has 0 unspecified atom stereocenters. The monoisotopic (exact) mass is 473 g/mol. The van der Waals surface area contributed by atoms with Crippen molar-refractivity contribution in [3.8, 4) is 11.3 Å². The van der Waals surface area contributed by atoms with Crippen LogP contribution in [0.15, 0.2) is 71.6 Å². The molecule has 0 amide bonds. The number of hydrogen-bond donors (Lipinski definition) is 1. The van der Waals surface area contributed by atoms with Crippen molar-refractivity contribution in [3.05, 3.63) is 72.4 Å². The highest BCUT2D eigenvalue weighted by Crippen LogP contribution is 2.27. The second-order valence-electron chi connectivity index (χ2n) is 8.64. The third-order valence-corrected chi connectivity index (χ3v) is 7.52. The molecule has 4 aromatic rings. The Hall–Kier alpha value is -3.52. The highest BCUT2D eigenvalue weighted by Gasteiger charge is 2.19. The molecule has 1 aliphatic heterocycles. The minimum atomic E-state index is -3.84. The van der Waals surface area contributed by atoms with Crippen LogP contribution in [0.2, 0.25) is 0 Å². The summed E-state index contributed by atoms with van der Waals surface area (Å²) < 4.78 is 29.2. The molecule has 8 heteroatoms. The predicted molar refractivity (Wildman–Crippen MR) is 135 cm³/mol. The summed E-state index contributed by atoms with van der Waals surface area (Å²) >= 11 is 0. The Kier molecular flexibility index (Phi) is 6.15. The van der Waals surface area contributed by atoms with Crippen LogP contribution in [0.5, 0.6) is 0 Å². The van der Waals surface area contributed by atoms with Gasteiger partial charge >= 0.3 is 0 Å². The third kappa shape index (κ3) is 4.72. The summed E-state index contributed by atoms with van der Waals surface area (Å²) in [7, 11) is -3.84. The number of fused-ring (bicyclic) bond motifs is 1. The molecule has 1 aliphatic rings. The lowest BCUT2D eigenvalue weighted by Crippen LogP contribution is -2.25. The van der Waals surface area contributed by atoms with Crippen molar-refractivity contribution < 1.29 is 8.42 Å². The van der Waals surface area contributed by atoms with Crippen LogP contribution < -0.4 is 9.62 Å². The van der Waals surface area contributed by atoms with Crippen molar-refractivity contribution in [2.75, 3.05) is 22.7 Å². The van der Waals surface area contributed by atoms with Gasteiger partial charge in [0, 0.05) is 35.4 Å². The number of hydrogen-bond acceptors (Lipinski definition) is 6. The van der Waals surface area contributed by atoms with E-state index in [9.17, 15) is 8.42 Å². The molecule has 2 aromatic heterocycles. The molecule has 34 heavy (non-hydrogen) atoms. The van der Waals surface area contributed by atoms with E-state index in [-0.39, 0.29) is 4.90 Å². The maximum absolute atomic E-state index is 13.2. The Labute approximate surface area is 199 Å². The molecule has 0 atom stereocenters. The normalized spacial score (nSPS) is 14.7. The number of rotatable bonds is 5. The van der Waals surface area contributed by atoms with E-state index in [1.807, 2.05) is 49.4 Å². The molecule has 2 aromatic carbocycles. The van der Waals surface area contributed by atoms with Crippen molar-refractivity contribution in [3.63, 3.8) is 0 Å². The van der Waals surface area contributed by atoms with Crippen LogP contribution in [0.1, 0.15) is 31.4 Å². The summed E-state index contributed by atoms with van der Waals surface area (Å²) in [5.41, 5.74) is 3.17. The minimum Gasteiger partial charge on any atom is -0.355 e. The van der Waals surface area contributed by atoms with Gasteiger partial charge in [-0.2, -0.15) is 0 Å². The number of benzene rings is 2. The van der Waals surface area contributed by atoms with Gasteiger partial charge in [0.1, 0.15) is 4.90 Å². The lowest BCUT2D eigenvalue weighted by Gasteiger charge is -2.20. The third-order valence-electron chi connectivity index (χ3n) is 6.10. The molecule has 0 radical (unpaired) electrons. The molecule has 0 saturated carbocycles. The lowest BCUT2D eigenvalue weighted by molar-refractivity contribution is 0.602. The van der Waals surface area contributed by atoms with E-state index in [1.54, 1.807) is 24.3 Å². The van der Waals surface area contributed by atoms with Crippen molar-refractivity contribution in [2.45, 2.75) is 37.5 Å². The van der Waals surface area contributed by atoms with Crippen LogP contribution in [-0.2, 0) is 10.0 Å². The zero-order valence-electron chi connectivity index (χ0n) is 19.1. The zero-order valence-corrected chi connectivity index (χ0v) is 19.9. The fraction of sp³-hybridized carbons (Fsp3) is 0.269. The van der Waals surface area contributed by atoms with Gasteiger partial charge in [0.2, 0.25) is 0 Å². The first-order valence-electron chi connectivity index (χ1n) is 11.6. The first kappa shape index (κ1) is 22.3. The second kappa shape index (κ2) is 9.38. The average Bonchev–Trinajstić information content (AvgIpc) is 3.13. The molecule has 174 valence electrons. The van der Waals surface area contributed by atoms with E-state index in [4.69, 9.17) is 0 Å². The average molecular weight is 474 g/mol. The number of nitrogens with zero attached hydrogens (tertiary/aromatic N) is 4. The van der Waals surface area contributed by atoms with E-state index in [2.05, 4.69) is 24.8 Å². The summed E-state index contributed by atoms with van der Waals surface area (Å²) in [5.74, 6) is 0.890. The van der Waals surface area contributed by atoms with E-state index in [0.29, 0.717) is 16.9 Å². The fourth-order valence-corrected chi connectivity index (χ4v) is 5.56. The van der Waals surface area contributed by atoms with Gasteiger partial charge in [-0.1, -0.05) is 43.2 Å². The lowest BCUT2D eigenvalue weighted by atomic mass is 10.1. The smallest absolute Gasteiger partial charge is 0.264 e. The molecule has 1 fully saturated rings. The maximum Gasteiger partial charge on any atom is 0.264 e. The summed E-state index contributed by atoms with van der Waals surface area (Å²) in [6, 6.07) is 20.1. The highest BCUT2D eigenvalue weighted by atomic mass is 32.2. The summed E-state index contributed by atoms with van der Waals surface area (Å²) in [6.07, 6.45) is 4.88. The van der Waals surface area contributed by atoms with Crippen molar-refractivity contribution in [2.24, 2.45) is 0 Å². The number of sulfonamides is 1. The van der Waals surface area contributed by atoms with Gasteiger partial charge in [-0.3, -0.25) is 9.71 Å². The van der Waals surface area contributed by atoms with E-state index in [1.165, 1.54) is 25.7 Å². The first-order chi connectivity index (χ1) is 16.5. The van der Waals surface area contributed by atoms with E-state index >= 15 is 0 Å². The second-order valence-corrected chi connectivity index (χ2v) is 10.3. The molecule has 1 N–H and O–H groups in total. The topological polar surface area (TPSA) is 88.1 Å². The molecule has 0 spiro atoms. The largest absolute Gasteiger partial charge is 0.355 e. The predicted octanol–water partition coefficient (Wildman–Crippen LogP) is 5.18. The van der Waals surface area contributed by atoms with Crippen molar-refractivity contribution in [1.82, 2.24) is 15.2 Å². The Morgan fingerprint density at radius 1 is 0.853 bits per heavy atom. The van der Waals surface area contributed by atoms with Crippen LogP contribution in [0.25, 0.3) is 22.2 Å². The van der Waals surface area contributed by atoms with Crippen LogP contribution in [0, 0.1) is 6.92 Å². The standard InChI is InChI=1S/C26H27N5O2S/c1-19-12-13-20-8-7-11-24(26(20)27-19)34(32,33)30-22-10-6-9-21(18-22)23-14-15-25(29-28-23)31-16-4-2-3-5-17-31/h6-15,18,30H,2-5,16-17H2,1H3. The van der Waals surface area contributed by atoms with Gasteiger partial charge in [0.05, 0.1) is 11.2 Å². The molecule has 0 aliphatic carbocycles. The Morgan fingerprint density at radius 3 is 2.41 bits per heavy atom. The molecule has 0 bridgehead atoms. The van der Waals surface area contributed by atoms with Gasteiger partial charge in [0.25, 0.3) is 10.0 Å². The molecular formula is C26H27N5O2S. The van der Waals surface area contributed by atoms with Gasteiger partial charge in [0.15, 0.2) is 5.82 Å². The van der Waals surface area contributed by atoms with Crippen molar-refractivity contribution in [1.29, 1.82) is 0 Å². The van der Waals surface area contributed by atoms with Crippen molar-refractivity contribution >= 4 is 32.4 Å². The number of para-hydroxylation sites is 1. The van der Waals surface area contributed by atoms with Gasteiger partial charge < -0.3 is 4.90 Å². The minimum absolute atomic E-state index is 0.153. The number of pyridine rings is 1. The van der Waals surface area contributed by atoms with Crippen LogP contribution >= 0.6 is 0 Å². The fourth-order valence-electron chi connectivity index (χ4n) is 4.33. The Bertz CT molecular complexity index is 1410. The molecule has 7 nitrogen and oxygen atoms in total. The van der Waals surface area contributed by atoms with Crippen LogP contribution in [0.3, 0.4) is 0 Å². The highest BCUT2D eigenvalue weighted by molar-refractivity contribution is 7.93. The number of nitrogens with one attached hydrogen (secondary N) is 1. The SMILES string of the molecule is Cc1ccc2cccc(S(=O)(=O)Nc3cccc(-c4ccc(N5CCCCCC5)nn4)c3)c2n1. The van der Waals surface area contributed by atoms with Crippen LogP contribution in [0.4, 0.5) is 11.5 Å².